The molecular formula is C16H16. The lowest BCUT2D eigenvalue weighted by Gasteiger charge is -2.25. The molecule has 0 heterocycles. The van der Waals surface area contributed by atoms with Crippen LogP contribution < -0.4 is 0 Å². The molecule has 2 aliphatic rings. The van der Waals surface area contributed by atoms with E-state index in [0.717, 1.165) is 6.42 Å². The summed E-state index contributed by atoms with van der Waals surface area (Å²) in [5, 5.41) is 0. The number of benzene rings is 1. The molecule has 0 N–H and O–H groups in total. The summed E-state index contributed by atoms with van der Waals surface area (Å²) in [5.74, 6) is 0.645. The van der Waals surface area contributed by atoms with Crippen molar-refractivity contribution in [1.29, 1.82) is 0 Å². The molecule has 16 heavy (non-hydrogen) atoms. The van der Waals surface area contributed by atoms with Crippen molar-refractivity contribution < 1.29 is 0 Å². The third kappa shape index (κ3) is 1.46. The van der Waals surface area contributed by atoms with E-state index in [4.69, 9.17) is 0 Å². The summed E-state index contributed by atoms with van der Waals surface area (Å²) in [5.41, 5.74) is 5.86. The highest BCUT2D eigenvalue weighted by atomic mass is 14.2. The molecule has 0 aliphatic heterocycles. The lowest BCUT2D eigenvalue weighted by molar-refractivity contribution is 0.750. The van der Waals surface area contributed by atoms with Crippen LogP contribution >= 0.6 is 0 Å². The topological polar surface area (TPSA) is 0 Å². The van der Waals surface area contributed by atoms with Gasteiger partial charge in [0.25, 0.3) is 0 Å². The van der Waals surface area contributed by atoms with Gasteiger partial charge in [-0.25, -0.2) is 0 Å². The highest BCUT2D eigenvalue weighted by Crippen LogP contribution is 2.40. The smallest absolute Gasteiger partial charge is 0.0144 e. The zero-order valence-corrected chi connectivity index (χ0v) is 9.61. The van der Waals surface area contributed by atoms with Gasteiger partial charge >= 0.3 is 0 Å². The van der Waals surface area contributed by atoms with Crippen LogP contribution in [0.2, 0.25) is 0 Å². The molecule has 0 amide bonds. The summed E-state index contributed by atoms with van der Waals surface area (Å²) in [6.45, 7) is 2.32. The molecule has 0 spiro atoms. The standard InChI is InChI=1S/C16H16/c1-12-11-13-7-3-2-4-9-15(13)16-10-6-5-8-14(12)16/h3-10,12H,2,11H2,1H3. The largest absolute Gasteiger partial charge is 0.0804 e. The molecule has 3 rings (SSSR count). The van der Waals surface area contributed by atoms with E-state index in [0.29, 0.717) is 5.92 Å². The maximum absolute atomic E-state index is 2.32. The first-order valence-electron chi connectivity index (χ1n) is 6.02. The van der Waals surface area contributed by atoms with Crippen LogP contribution in [0.15, 0.2) is 54.1 Å². The molecule has 0 saturated heterocycles. The third-order valence-corrected chi connectivity index (χ3v) is 3.53. The molecule has 80 valence electrons. The first kappa shape index (κ1) is 9.65. The van der Waals surface area contributed by atoms with Crippen molar-refractivity contribution in [2.75, 3.05) is 0 Å². The molecule has 0 fully saturated rings. The van der Waals surface area contributed by atoms with Gasteiger partial charge in [0.1, 0.15) is 0 Å². The minimum absolute atomic E-state index is 0.645. The molecule has 1 aromatic carbocycles. The van der Waals surface area contributed by atoms with E-state index in [2.05, 4.69) is 55.5 Å². The van der Waals surface area contributed by atoms with Gasteiger partial charge in [0.2, 0.25) is 0 Å². The lowest BCUT2D eigenvalue weighted by atomic mass is 9.79. The second kappa shape index (κ2) is 3.79. The molecule has 1 aromatic rings. The number of rotatable bonds is 0. The average molecular weight is 208 g/mol. The normalized spacial score (nSPS) is 22.7. The summed E-state index contributed by atoms with van der Waals surface area (Å²) >= 11 is 0. The molecule has 0 bridgehead atoms. The van der Waals surface area contributed by atoms with Crippen LogP contribution in [-0.2, 0) is 0 Å². The Morgan fingerprint density at radius 3 is 2.81 bits per heavy atom. The van der Waals surface area contributed by atoms with E-state index in [9.17, 15) is 0 Å². The summed E-state index contributed by atoms with van der Waals surface area (Å²) in [6.07, 6.45) is 11.4. The monoisotopic (exact) mass is 208 g/mol. The van der Waals surface area contributed by atoms with Gasteiger partial charge in [-0.1, -0.05) is 55.5 Å². The Labute approximate surface area is 97.0 Å². The zero-order chi connectivity index (χ0) is 11.0. The Morgan fingerprint density at radius 2 is 1.88 bits per heavy atom. The van der Waals surface area contributed by atoms with Crippen LogP contribution in [0.4, 0.5) is 0 Å². The van der Waals surface area contributed by atoms with Crippen molar-refractivity contribution in [2.45, 2.75) is 25.7 Å². The maximum Gasteiger partial charge on any atom is -0.0144 e. The number of hydrogen-bond donors (Lipinski definition) is 0. The Balaban J connectivity index is 2.23. The van der Waals surface area contributed by atoms with E-state index >= 15 is 0 Å². The van der Waals surface area contributed by atoms with Gasteiger partial charge in [-0.15, -0.1) is 0 Å². The van der Waals surface area contributed by atoms with Crippen LogP contribution in [-0.4, -0.2) is 0 Å². The van der Waals surface area contributed by atoms with Crippen LogP contribution in [0.3, 0.4) is 0 Å². The van der Waals surface area contributed by atoms with E-state index in [1.54, 1.807) is 0 Å². The van der Waals surface area contributed by atoms with Crippen molar-refractivity contribution in [3.8, 4) is 0 Å². The third-order valence-electron chi connectivity index (χ3n) is 3.53. The van der Waals surface area contributed by atoms with Gasteiger partial charge in [-0.2, -0.15) is 0 Å². The molecule has 1 atom stereocenters. The predicted octanol–water partition coefficient (Wildman–Crippen LogP) is 4.46. The minimum atomic E-state index is 0.645. The Bertz CT molecular complexity index is 501. The van der Waals surface area contributed by atoms with Crippen LogP contribution in [0.25, 0.3) is 5.57 Å². The van der Waals surface area contributed by atoms with Gasteiger partial charge < -0.3 is 0 Å². The van der Waals surface area contributed by atoms with Crippen LogP contribution in [0, 0.1) is 0 Å². The van der Waals surface area contributed by atoms with E-state index in [1.165, 1.54) is 28.7 Å². The second-order valence-corrected chi connectivity index (χ2v) is 4.67. The average Bonchev–Trinajstić information content (AvgIpc) is 2.55. The fourth-order valence-corrected chi connectivity index (χ4v) is 2.72. The van der Waals surface area contributed by atoms with Crippen molar-refractivity contribution in [1.82, 2.24) is 0 Å². The van der Waals surface area contributed by atoms with Gasteiger partial charge in [0, 0.05) is 0 Å². The number of hydrogen-bond acceptors (Lipinski definition) is 0. The highest BCUT2D eigenvalue weighted by Gasteiger charge is 2.21. The molecule has 0 heteroatoms. The van der Waals surface area contributed by atoms with Gasteiger partial charge in [0.15, 0.2) is 0 Å². The van der Waals surface area contributed by atoms with E-state index in [1.807, 2.05) is 0 Å². The van der Waals surface area contributed by atoms with Crippen molar-refractivity contribution in [3.05, 3.63) is 65.3 Å². The molecule has 0 nitrogen and oxygen atoms in total. The molecule has 0 radical (unpaired) electrons. The van der Waals surface area contributed by atoms with Crippen LogP contribution in [0.1, 0.15) is 36.8 Å². The maximum atomic E-state index is 2.32. The number of fused-ring (bicyclic) bond motifs is 2. The van der Waals surface area contributed by atoms with E-state index < -0.39 is 0 Å². The molecule has 1 unspecified atom stereocenters. The van der Waals surface area contributed by atoms with Gasteiger partial charge in [-0.05, 0) is 41.0 Å². The quantitative estimate of drug-likeness (QED) is 0.590. The zero-order valence-electron chi connectivity index (χ0n) is 9.61. The van der Waals surface area contributed by atoms with Crippen molar-refractivity contribution in [2.24, 2.45) is 0 Å². The predicted molar refractivity (Wildman–Crippen MR) is 69.3 cm³/mol. The minimum Gasteiger partial charge on any atom is -0.0804 e. The Hall–Kier alpha value is -1.56. The van der Waals surface area contributed by atoms with Gasteiger partial charge in [0.05, 0.1) is 0 Å². The Kier molecular flexibility index (Phi) is 2.28. The van der Waals surface area contributed by atoms with Crippen molar-refractivity contribution in [3.63, 3.8) is 0 Å². The number of allylic oxidation sites excluding steroid dienone is 6. The molecule has 0 saturated carbocycles. The first-order chi connectivity index (χ1) is 7.86. The SMILES string of the molecule is CC1CC2=C(C=CCC=C2)c2ccccc21. The molecule has 2 aliphatic carbocycles. The molecular weight excluding hydrogens is 192 g/mol. The van der Waals surface area contributed by atoms with Crippen LogP contribution in [0.5, 0.6) is 0 Å². The van der Waals surface area contributed by atoms with E-state index in [-0.39, 0.29) is 0 Å². The lowest BCUT2D eigenvalue weighted by Crippen LogP contribution is -2.06. The second-order valence-electron chi connectivity index (χ2n) is 4.67. The fourth-order valence-electron chi connectivity index (χ4n) is 2.72. The molecule has 0 aromatic heterocycles. The summed E-state index contributed by atoms with van der Waals surface area (Å²) in [6, 6.07) is 8.82. The Morgan fingerprint density at radius 1 is 1.06 bits per heavy atom. The summed E-state index contributed by atoms with van der Waals surface area (Å²) in [4.78, 5) is 0. The van der Waals surface area contributed by atoms with Crippen molar-refractivity contribution >= 4 is 5.57 Å². The van der Waals surface area contributed by atoms with Gasteiger partial charge in [-0.3, -0.25) is 0 Å². The fraction of sp³-hybridized carbons (Fsp3) is 0.250. The summed E-state index contributed by atoms with van der Waals surface area (Å²) < 4.78 is 0. The summed E-state index contributed by atoms with van der Waals surface area (Å²) in [7, 11) is 0. The first-order valence-corrected chi connectivity index (χ1v) is 6.02. The highest BCUT2D eigenvalue weighted by molar-refractivity contribution is 5.82.